The van der Waals surface area contributed by atoms with Gasteiger partial charge in [-0.05, 0) is 31.0 Å². The molecule has 4 nitrogen and oxygen atoms in total. The van der Waals surface area contributed by atoms with Crippen molar-refractivity contribution < 1.29 is 13.2 Å². The van der Waals surface area contributed by atoms with Crippen molar-refractivity contribution in [1.82, 2.24) is 9.55 Å². The Hall–Kier alpha value is -1.89. The monoisotopic (exact) mass is 358 g/mol. The van der Waals surface area contributed by atoms with Crippen molar-refractivity contribution in [2.45, 2.75) is 25.6 Å². The second kappa shape index (κ2) is 6.55. The molecular weight excluding hydrogens is 341 g/mol. The van der Waals surface area contributed by atoms with E-state index < -0.39 is 11.7 Å². The molecule has 0 atom stereocenters. The van der Waals surface area contributed by atoms with Crippen LogP contribution in [0.15, 0.2) is 24.4 Å². The van der Waals surface area contributed by atoms with Gasteiger partial charge in [0.25, 0.3) is 0 Å². The molecule has 2 aromatic rings. The van der Waals surface area contributed by atoms with E-state index in [4.69, 9.17) is 11.6 Å². The number of anilines is 2. The molecule has 0 aliphatic carbocycles. The van der Waals surface area contributed by atoms with Crippen molar-refractivity contribution in [1.29, 1.82) is 0 Å². The van der Waals surface area contributed by atoms with Gasteiger partial charge in [-0.2, -0.15) is 13.2 Å². The third-order valence-corrected chi connectivity index (χ3v) is 4.59. The van der Waals surface area contributed by atoms with Crippen LogP contribution in [0, 0.1) is 0 Å². The van der Waals surface area contributed by atoms with Gasteiger partial charge in [-0.25, -0.2) is 4.98 Å². The van der Waals surface area contributed by atoms with Gasteiger partial charge in [0, 0.05) is 20.1 Å². The van der Waals surface area contributed by atoms with Gasteiger partial charge in [0.15, 0.2) is 0 Å². The Labute approximate surface area is 143 Å². The molecule has 0 radical (unpaired) electrons. The predicted octanol–water partition coefficient (Wildman–Crippen LogP) is 4.30. The Balaban J connectivity index is 1.88. The number of hydrogen-bond acceptors (Lipinski definition) is 3. The van der Waals surface area contributed by atoms with Crippen molar-refractivity contribution in [2.75, 3.05) is 23.3 Å². The van der Waals surface area contributed by atoms with Crippen molar-refractivity contribution in [3.8, 4) is 0 Å². The standard InChI is InChI=1S/C16H18ClF3N4/c1-23-14(17)9-22-15(23)10-21-12-8-11(16(18,19)20)4-5-13(12)24-6-2-3-7-24/h4-5,8-9,21H,2-3,6-7,10H2,1H3. The van der Waals surface area contributed by atoms with Crippen molar-refractivity contribution in [3.05, 3.63) is 40.9 Å². The normalized spacial score (nSPS) is 15.1. The first-order chi connectivity index (χ1) is 11.4. The van der Waals surface area contributed by atoms with Crippen LogP contribution >= 0.6 is 11.6 Å². The van der Waals surface area contributed by atoms with Crippen LogP contribution in [0.3, 0.4) is 0 Å². The average Bonchev–Trinajstić information content (AvgIpc) is 3.16. The number of imidazole rings is 1. The van der Waals surface area contributed by atoms with E-state index >= 15 is 0 Å². The number of rotatable bonds is 4. The largest absolute Gasteiger partial charge is 0.416 e. The van der Waals surface area contributed by atoms with Crippen LogP contribution in [-0.4, -0.2) is 22.6 Å². The zero-order chi connectivity index (χ0) is 17.3. The molecule has 0 amide bonds. The van der Waals surface area contributed by atoms with E-state index in [1.54, 1.807) is 17.7 Å². The summed E-state index contributed by atoms with van der Waals surface area (Å²) in [7, 11) is 1.76. The number of nitrogens with one attached hydrogen (secondary N) is 1. The highest BCUT2D eigenvalue weighted by molar-refractivity contribution is 6.29. The van der Waals surface area contributed by atoms with Gasteiger partial charge in [-0.3, -0.25) is 0 Å². The molecule has 2 heterocycles. The zero-order valence-electron chi connectivity index (χ0n) is 13.2. The molecule has 1 aliphatic rings. The highest BCUT2D eigenvalue weighted by Gasteiger charge is 2.31. The molecule has 1 aliphatic heterocycles. The third kappa shape index (κ3) is 3.45. The van der Waals surface area contributed by atoms with Crippen molar-refractivity contribution >= 4 is 23.0 Å². The lowest BCUT2D eigenvalue weighted by atomic mass is 10.1. The van der Waals surface area contributed by atoms with Crippen LogP contribution in [0.2, 0.25) is 5.15 Å². The summed E-state index contributed by atoms with van der Waals surface area (Å²) in [4.78, 5) is 6.27. The number of hydrogen-bond donors (Lipinski definition) is 1. The Kier molecular flexibility index (Phi) is 4.62. The van der Waals surface area contributed by atoms with Crippen LogP contribution < -0.4 is 10.2 Å². The topological polar surface area (TPSA) is 33.1 Å². The summed E-state index contributed by atoms with van der Waals surface area (Å²) in [5, 5.41) is 3.57. The summed E-state index contributed by atoms with van der Waals surface area (Å²) in [5.41, 5.74) is 0.595. The summed E-state index contributed by atoms with van der Waals surface area (Å²) in [6.07, 6.45) is -0.747. The minimum Gasteiger partial charge on any atom is -0.376 e. The van der Waals surface area contributed by atoms with E-state index in [0.717, 1.165) is 43.8 Å². The molecule has 1 fully saturated rings. The molecule has 8 heteroatoms. The maximum Gasteiger partial charge on any atom is 0.416 e. The number of nitrogens with zero attached hydrogens (tertiary/aromatic N) is 3. The molecule has 1 saturated heterocycles. The smallest absolute Gasteiger partial charge is 0.376 e. The molecule has 1 N–H and O–H groups in total. The van der Waals surface area contributed by atoms with Crippen LogP contribution in [0.4, 0.5) is 24.5 Å². The van der Waals surface area contributed by atoms with Gasteiger partial charge in [0.2, 0.25) is 0 Å². The first-order valence-corrected chi connectivity index (χ1v) is 8.10. The molecule has 0 bridgehead atoms. The minimum atomic E-state index is -4.37. The Morgan fingerprint density at radius 1 is 1.25 bits per heavy atom. The van der Waals surface area contributed by atoms with E-state index in [0.29, 0.717) is 23.2 Å². The van der Waals surface area contributed by atoms with E-state index in [9.17, 15) is 13.2 Å². The van der Waals surface area contributed by atoms with E-state index in [1.807, 2.05) is 0 Å². The maximum absolute atomic E-state index is 13.0. The summed E-state index contributed by atoms with van der Waals surface area (Å²) >= 11 is 5.95. The number of halogens is 4. The molecule has 0 spiro atoms. The molecule has 24 heavy (non-hydrogen) atoms. The first-order valence-electron chi connectivity index (χ1n) is 7.72. The van der Waals surface area contributed by atoms with Gasteiger partial charge < -0.3 is 14.8 Å². The van der Waals surface area contributed by atoms with Gasteiger partial charge in [-0.1, -0.05) is 11.6 Å². The first kappa shape index (κ1) is 17.0. The van der Waals surface area contributed by atoms with Crippen molar-refractivity contribution in [2.24, 2.45) is 7.05 Å². The summed E-state index contributed by atoms with van der Waals surface area (Å²) in [5.74, 6) is 0.657. The highest BCUT2D eigenvalue weighted by Crippen LogP contribution is 2.36. The lowest BCUT2D eigenvalue weighted by Crippen LogP contribution is -2.20. The second-order valence-corrected chi connectivity index (χ2v) is 6.22. The fourth-order valence-electron chi connectivity index (χ4n) is 2.85. The fraction of sp³-hybridized carbons (Fsp3) is 0.438. The molecular formula is C16H18ClF3N4. The Morgan fingerprint density at radius 3 is 2.54 bits per heavy atom. The van der Waals surface area contributed by atoms with Crippen LogP contribution in [0.1, 0.15) is 24.2 Å². The molecule has 0 saturated carbocycles. The lowest BCUT2D eigenvalue weighted by Gasteiger charge is -2.23. The summed E-state index contributed by atoms with van der Waals surface area (Å²) in [6, 6.07) is 3.84. The SMILES string of the molecule is Cn1c(Cl)cnc1CNc1cc(C(F)(F)F)ccc1N1CCCC1. The summed E-state index contributed by atoms with van der Waals surface area (Å²) in [6.45, 7) is 2.01. The van der Waals surface area contributed by atoms with Crippen LogP contribution in [0.25, 0.3) is 0 Å². The van der Waals surface area contributed by atoms with Gasteiger partial charge >= 0.3 is 6.18 Å². The average molecular weight is 359 g/mol. The van der Waals surface area contributed by atoms with Gasteiger partial charge in [0.05, 0.1) is 29.7 Å². The van der Waals surface area contributed by atoms with Crippen molar-refractivity contribution in [3.63, 3.8) is 0 Å². The fourth-order valence-corrected chi connectivity index (χ4v) is 3.00. The van der Waals surface area contributed by atoms with E-state index in [-0.39, 0.29) is 0 Å². The molecule has 130 valence electrons. The van der Waals surface area contributed by atoms with Gasteiger partial charge in [0.1, 0.15) is 11.0 Å². The van der Waals surface area contributed by atoms with E-state index in [2.05, 4.69) is 15.2 Å². The Morgan fingerprint density at radius 2 is 1.96 bits per heavy atom. The number of benzene rings is 1. The van der Waals surface area contributed by atoms with Crippen LogP contribution in [0.5, 0.6) is 0 Å². The van der Waals surface area contributed by atoms with Crippen LogP contribution in [-0.2, 0) is 19.8 Å². The third-order valence-electron chi connectivity index (χ3n) is 4.24. The molecule has 1 aromatic carbocycles. The molecule has 0 unspecified atom stereocenters. The maximum atomic E-state index is 13.0. The predicted molar refractivity (Wildman–Crippen MR) is 88.4 cm³/mol. The minimum absolute atomic E-state index is 0.297. The number of alkyl halides is 3. The zero-order valence-corrected chi connectivity index (χ0v) is 14.0. The quantitative estimate of drug-likeness (QED) is 0.884. The number of aromatic nitrogens is 2. The molecule has 3 rings (SSSR count). The lowest BCUT2D eigenvalue weighted by molar-refractivity contribution is -0.137. The second-order valence-electron chi connectivity index (χ2n) is 5.83. The Bertz CT molecular complexity index is 721. The highest BCUT2D eigenvalue weighted by atomic mass is 35.5. The molecule has 1 aromatic heterocycles. The van der Waals surface area contributed by atoms with Gasteiger partial charge in [-0.15, -0.1) is 0 Å². The van der Waals surface area contributed by atoms with E-state index in [1.165, 1.54) is 6.20 Å². The summed E-state index contributed by atoms with van der Waals surface area (Å²) < 4.78 is 40.8.